The van der Waals surface area contributed by atoms with Gasteiger partial charge in [0.05, 0.1) is 5.70 Å². The minimum absolute atomic E-state index is 0.312. The Kier molecular flexibility index (Phi) is 15.2. The maximum absolute atomic E-state index is 5.29. The second kappa shape index (κ2) is 19.1. The van der Waals surface area contributed by atoms with E-state index in [2.05, 4.69) is 170 Å². The normalized spacial score (nSPS) is 13.6. The van der Waals surface area contributed by atoms with Crippen LogP contribution in [0.15, 0.2) is 70.4 Å². The monoisotopic (exact) mass is 860 g/mol. The second-order valence-corrected chi connectivity index (χ2v) is 15.4. The minimum atomic E-state index is -0.312. The molecule has 5 heteroatoms. The van der Waals surface area contributed by atoms with E-state index in [0.717, 1.165) is 42.5 Å². The van der Waals surface area contributed by atoms with Crippen molar-refractivity contribution in [2.45, 2.75) is 119 Å². The zero-order valence-corrected chi connectivity index (χ0v) is 34.4. The van der Waals surface area contributed by atoms with Crippen LogP contribution in [0.25, 0.3) is 5.57 Å². The first kappa shape index (κ1) is 38.3. The summed E-state index contributed by atoms with van der Waals surface area (Å²) in [5.74, 6) is 14.3. The van der Waals surface area contributed by atoms with Crippen LogP contribution in [0.3, 0.4) is 0 Å². The van der Waals surface area contributed by atoms with E-state index in [0.29, 0.717) is 0 Å². The SMILES string of the molecule is CCCCCCCCCC/C(=C1\N=C(C)C(CC)=C1C)c1c(C)c(CC)c(C)n1B(C#Cc1ccc(I)cc1)C#Cc1ccc(I)cc1. The highest BCUT2D eigenvalue weighted by molar-refractivity contribution is 14.1. The van der Waals surface area contributed by atoms with Gasteiger partial charge in [-0.3, -0.25) is 4.99 Å². The number of hydrogen-bond donors (Lipinski definition) is 0. The fourth-order valence-electron chi connectivity index (χ4n) is 6.99. The van der Waals surface area contributed by atoms with Gasteiger partial charge in [0.2, 0.25) is 0 Å². The van der Waals surface area contributed by atoms with Crippen LogP contribution in [0.4, 0.5) is 0 Å². The number of allylic oxidation sites excluding steroid dienone is 3. The van der Waals surface area contributed by atoms with E-state index in [9.17, 15) is 0 Å². The van der Waals surface area contributed by atoms with Crippen molar-refractivity contribution in [1.29, 1.82) is 0 Å². The summed E-state index contributed by atoms with van der Waals surface area (Å²) in [5.41, 5.74) is 13.7. The molecule has 48 heavy (non-hydrogen) atoms. The zero-order valence-electron chi connectivity index (χ0n) is 30.1. The Balaban J connectivity index is 1.88. The summed E-state index contributed by atoms with van der Waals surface area (Å²) in [5, 5.41) is 0. The largest absolute Gasteiger partial charge is 0.434 e. The van der Waals surface area contributed by atoms with Crippen molar-refractivity contribution in [1.82, 2.24) is 4.48 Å². The van der Waals surface area contributed by atoms with E-state index < -0.39 is 0 Å². The third kappa shape index (κ3) is 9.82. The van der Waals surface area contributed by atoms with Crippen molar-refractivity contribution in [3.63, 3.8) is 0 Å². The van der Waals surface area contributed by atoms with E-state index >= 15 is 0 Å². The molecular formula is C43H51BI2N2. The zero-order chi connectivity index (χ0) is 34.6. The molecule has 0 amide bonds. The van der Waals surface area contributed by atoms with Crippen LogP contribution in [0, 0.1) is 44.5 Å². The molecule has 0 atom stereocenters. The molecule has 1 aliphatic rings. The second-order valence-electron chi connectivity index (χ2n) is 12.9. The standard InChI is InChI=1S/C43H51BI2N2/c1-8-11-12-13-14-15-16-17-18-41(42-31(4)39(9-2)33(6)47-42)43-32(5)40(10-3)34(7)48(43)44(29-27-35-19-23-37(45)24-20-35)30-28-36-21-25-38(46)26-22-36/h19-26H,8-18H2,1-7H3/b42-41+. The molecule has 0 N–H and O–H groups in total. The average Bonchev–Trinajstić information content (AvgIpc) is 3.51. The fourth-order valence-corrected chi connectivity index (χ4v) is 7.71. The summed E-state index contributed by atoms with van der Waals surface area (Å²) in [4.78, 5) is 5.29. The lowest BCUT2D eigenvalue weighted by Crippen LogP contribution is -2.25. The molecule has 0 saturated heterocycles. The highest BCUT2D eigenvalue weighted by atomic mass is 127. The average molecular weight is 861 g/mol. The highest BCUT2D eigenvalue weighted by Crippen LogP contribution is 2.39. The first-order chi connectivity index (χ1) is 23.2. The molecular weight excluding hydrogens is 809 g/mol. The molecule has 0 saturated carbocycles. The van der Waals surface area contributed by atoms with Gasteiger partial charge in [-0.1, -0.05) is 77.6 Å². The van der Waals surface area contributed by atoms with Gasteiger partial charge in [-0.05, 0) is 169 Å². The predicted octanol–water partition coefficient (Wildman–Crippen LogP) is 12.3. The van der Waals surface area contributed by atoms with Gasteiger partial charge in [-0.25, -0.2) is 0 Å². The van der Waals surface area contributed by atoms with Crippen molar-refractivity contribution in [2.75, 3.05) is 0 Å². The fraction of sp³-hybridized carbons (Fsp3) is 0.419. The summed E-state index contributed by atoms with van der Waals surface area (Å²) in [6.07, 6.45) is 13.4. The van der Waals surface area contributed by atoms with E-state index in [1.54, 1.807) is 0 Å². The summed E-state index contributed by atoms with van der Waals surface area (Å²) < 4.78 is 4.88. The van der Waals surface area contributed by atoms with Gasteiger partial charge in [0.15, 0.2) is 0 Å². The predicted molar refractivity (Wildman–Crippen MR) is 227 cm³/mol. The van der Waals surface area contributed by atoms with Gasteiger partial charge in [0.1, 0.15) is 0 Å². The number of nitrogens with zero attached hydrogens (tertiary/aromatic N) is 2. The first-order valence-electron chi connectivity index (χ1n) is 17.9. The van der Waals surface area contributed by atoms with Gasteiger partial charge in [0, 0.05) is 40.9 Å². The van der Waals surface area contributed by atoms with Crippen LogP contribution in [-0.4, -0.2) is 17.0 Å². The maximum atomic E-state index is 5.29. The van der Waals surface area contributed by atoms with Crippen LogP contribution in [0.5, 0.6) is 0 Å². The Morgan fingerprint density at radius 3 is 1.71 bits per heavy atom. The van der Waals surface area contributed by atoms with Crippen LogP contribution in [0.2, 0.25) is 0 Å². The first-order valence-corrected chi connectivity index (χ1v) is 20.1. The minimum Gasteiger partial charge on any atom is -0.366 e. The molecule has 1 aromatic heterocycles. The van der Waals surface area contributed by atoms with Gasteiger partial charge in [0.25, 0.3) is 0 Å². The number of benzene rings is 2. The summed E-state index contributed by atoms with van der Waals surface area (Å²) in [6, 6.07) is 16.9. The lowest BCUT2D eigenvalue weighted by molar-refractivity contribution is 0.578. The molecule has 0 aliphatic carbocycles. The molecule has 0 radical (unpaired) electrons. The molecule has 4 rings (SSSR count). The molecule has 0 unspecified atom stereocenters. The number of aromatic nitrogens is 1. The summed E-state index contributed by atoms with van der Waals surface area (Å²) in [6.45, 7) is 15.5. The summed E-state index contributed by atoms with van der Waals surface area (Å²) >= 11 is 4.70. The van der Waals surface area contributed by atoms with E-state index in [4.69, 9.17) is 4.99 Å². The van der Waals surface area contributed by atoms with Gasteiger partial charge >= 0.3 is 6.85 Å². The highest BCUT2D eigenvalue weighted by Gasteiger charge is 2.29. The van der Waals surface area contributed by atoms with Gasteiger partial charge in [-0.15, -0.1) is 11.6 Å². The van der Waals surface area contributed by atoms with Crippen molar-refractivity contribution in [3.05, 3.63) is 106 Å². The Labute approximate surface area is 319 Å². The number of unbranched alkanes of at least 4 members (excludes halogenated alkanes) is 7. The van der Waals surface area contributed by atoms with Crippen molar-refractivity contribution in [3.8, 4) is 23.5 Å². The van der Waals surface area contributed by atoms with Crippen molar-refractivity contribution in [2.24, 2.45) is 4.99 Å². The Bertz CT molecular complexity index is 1720. The Morgan fingerprint density at radius 1 is 0.708 bits per heavy atom. The Morgan fingerprint density at radius 2 is 1.23 bits per heavy atom. The summed E-state index contributed by atoms with van der Waals surface area (Å²) in [7, 11) is 0. The Hall–Kier alpha value is -2.49. The molecule has 1 aliphatic heterocycles. The van der Waals surface area contributed by atoms with Gasteiger partial charge < -0.3 is 4.48 Å². The molecule has 0 fully saturated rings. The molecule has 0 spiro atoms. The van der Waals surface area contributed by atoms with Crippen LogP contribution in [0.1, 0.15) is 132 Å². The van der Waals surface area contributed by atoms with Gasteiger partial charge in [-0.2, -0.15) is 0 Å². The van der Waals surface area contributed by atoms with E-state index in [1.807, 2.05) is 0 Å². The molecule has 250 valence electrons. The number of halogens is 2. The number of hydrogen-bond acceptors (Lipinski definition) is 1. The van der Waals surface area contributed by atoms with Crippen LogP contribution < -0.4 is 0 Å². The topological polar surface area (TPSA) is 17.3 Å². The molecule has 2 aromatic carbocycles. The smallest absolute Gasteiger partial charge is 0.366 e. The quantitative estimate of drug-likeness (QED) is 0.0705. The number of rotatable bonds is 13. The van der Waals surface area contributed by atoms with Crippen LogP contribution >= 0.6 is 45.2 Å². The third-order valence-corrected chi connectivity index (χ3v) is 11.0. The van der Waals surface area contributed by atoms with Crippen LogP contribution in [-0.2, 0) is 6.42 Å². The maximum Gasteiger partial charge on any atom is 0.434 e. The lowest BCUT2D eigenvalue weighted by Gasteiger charge is -2.19. The number of aliphatic imine (C=N–C) groups is 1. The molecule has 2 heterocycles. The van der Waals surface area contributed by atoms with Crippen molar-refractivity contribution >= 4 is 63.3 Å². The van der Waals surface area contributed by atoms with E-state index in [1.165, 1.54) is 97.0 Å². The lowest BCUT2D eigenvalue weighted by atomic mass is 9.62. The third-order valence-electron chi connectivity index (χ3n) is 9.58. The molecule has 3 aromatic rings. The molecule has 0 bridgehead atoms. The van der Waals surface area contributed by atoms with Crippen molar-refractivity contribution < 1.29 is 0 Å². The van der Waals surface area contributed by atoms with E-state index in [-0.39, 0.29) is 6.85 Å². The molecule has 2 nitrogen and oxygen atoms in total.